The lowest BCUT2D eigenvalue weighted by molar-refractivity contribution is -0.144. The molecular formula is C28H25ClN2O3. The Hall–Kier alpha value is -3.67. The number of esters is 1. The van der Waals surface area contributed by atoms with Gasteiger partial charge in [-0.2, -0.15) is 0 Å². The first-order valence-corrected chi connectivity index (χ1v) is 11.3. The van der Waals surface area contributed by atoms with Gasteiger partial charge in [-0.15, -0.1) is 0 Å². The highest BCUT2D eigenvalue weighted by atomic mass is 35.5. The topological polar surface area (TPSA) is 60.5 Å². The van der Waals surface area contributed by atoms with Gasteiger partial charge in [0.1, 0.15) is 18.4 Å². The molecule has 0 bridgehead atoms. The summed E-state index contributed by atoms with van der Waals surface area (Å²) >= 11 is 6.05. The van der Waals surface area contributed by atoms with E-state index >= 15 is 0 Å². The van der Waals surface area contributed by atoms with Gasteiger partial charge in [-0.05, 0) is 16.7 Å². The van der Waals surface area contributed by atoms with Gasteiger partial charge in [0.15, 0.2) is 0 Å². The Morgan fingerprint density at radius 3 is 1.82 bits per heavy atom. The predicted molar refractivity (Wildman–Crippen MR) is 133 cm³/mol. The van der Waals surface area contributed by atoms with Gasteiger partial charge in [0.05, 0.1) is 23.9 Å². The average Bonchev–Trinajstić information content (AvgIpc) is 2.90. The lowest BCUT2D eigenvalue weighted by Gasteiger charge is -2.39. The number of aromatic nitrogens is 1. The van der Waals surface area contributed by atoms with Crippen LogP contribution in [-0.2, 0) is 15.1 Å². The predicted octanol–water partition coefficient (Wildman–Crippen LogP) is 5.24. The lowest BCUT2D eigenvalue weighted by atomic mass is 9.76. The third kappa shape index (κ3) is 5.11. The molecule has 1 N–H and O–H groups in total. The van der Waals surface area contributed by atoms with Crippen LogP contribution in [0.5, 0.6) is 5.75 Å². The summed E-state index contributed by atoms with van der Waals surface area (Å²) in [5.41, 5.74) is 2.08. The molecule has 0 saturated heterocycles. The molecule has 0 fully saturated rings. The number of rotatable bonds is 9. The molecule has 4 rings (SSSR count). The van der Waals surface area contributed by atoms with Crippen molar-refractivity contribution in [1.29, 1.82) is 0 Å². The number of methoxy groups -OCH3 is 1. The Bertz CT molecular complexity index is 1110. The molecule has 34 heavy (non-hydrogen) atoms. The monoisotopic (exact) mass is 472 g/mol. The molecule has 0 aliphatic heterocycles. The first kappa shape index (κ1) is 23.5. The van der Waals surface area contributed by atoms with E-state index in [0.717, 1.165) is 16.7 Å². The van der Waals surface area contributed by atoms with Crippen molar-refractivity contribution >= 4 is 17.6 Å². The van der Waals surface area contributed by atoms with Crippen LogP contribution in [0.2, 0.25) is 5.02 Å². The third-order valence-electron chi connectivity index (χ3n) is 5.59. The second-order valence-corrected chi connectivity index (χ2v) is 8.15. The summed E-state index contributed by atoms with van der Waals surface area (Å²) < 4.78 is 11.1. The van der Waals surface area contributed by atoms with Crippen molar-refractivity contribution in [3.8, 4) is 5.75 Å². The fraction of sp³-hybridized carbons (Fsp3) is 0.143. The Labute approximate surface area is 204 Å². The molecule has 3 aromatic carbocycles. The van der Waals surface area contributed by atoms with Crippen molar-refractivity contribution in [3.05, 3.63) is 131 Å². The molecule has 4 aromatic rings. The second kappa shape index (κ2) is 11.0. The van der Waals surface area contributed by atoms with Gasteiger partial charge in [0.25, 0.3) is 0 Å². The van der Waals surface area contributed by atoms with E-state index in [-0.39, 0.29) is 6.61 Å². The van der Waals surface area contributed by atoms with Gasteiger partial charge in [-0.3, -0.25) is 15.1 Å². The lowest BCUT2D eigenvalue weighted by Crippen LogP contribution is -2.55. The SMILES string of the molecule is COC(=O)[C@@H](COc1cncc(Cl)c1)NC(c1ccccc1)(c1ccccc1)c1ccccc1. The fourth-order valence-electron chi connectivity index (χ4n) is 4.04. The molecule has 0 amide bonds. The second-order valence-electron chi connectivity index (χ2n) is 7.72. The number of pyridine rings is 1. The molecule has 0 saturated carbocycles. The van der Waals surface area contributed by atoms with Crippen LogP contribution < -0.4 is 10.1 Å². The number of ether oxygens (including phenoxy) is 2. The maximum absolute atomic E-state index is 13.0. The van der Waals surface area contributed by atoms with E-state index in [2.05, 4.69) is 10.3 Å². The van der Waals surface area contributed by atoms with E-state index in [1.54, 1.807) is 12.3 Å². The summed E-state index contributed by atoms with van der Waals surface area (Å²) in [6, 6.07) is 30.9. The minimum atomic E-state index is -0.849. The molecule has 1 heterocycles. The van der Waals surface area contributed by atoms with Crippen LogP contribution in [0, 0.1) is 0 Å². The highest BCUT2D eigenvalue weighted by Crippen LogP contribution is 2.37. The molecular weight excluding hydrogens is 448 g/mol. The van der Waals surface area contributed by atoms with E-state index in [9.17, 15) is 4.79 Å². The molecule has 0 aliphatic carbocycles. The van der Waals surface area contributed by atoms with Crippen LogP contribution in [0.15, 0.2) is 109 Å². The zero-order valence-corrected chi connectivity index (χ0v) is 19.5. The quantitative estimate of drug-likeness (QED) is 0.267. The number of halogens is 1. The number of nitrogens with one attached hydrogen (secondary N) is 1. The zero-order chi connectivity index (χ0) is 23.8. The zero-order valence-electron chi connectivity index (χ0n) is 18.7. The van der Waals surface area contributed by atoms with Crippen molar-refractivity contribution in [1.82, 2.24) is 10.3 Å². The average molecular weight is 473 g/mol. The Morgan fingerprint density at radius 2 is 1.38 bits per heavy atom. The summed E-state index contributed by atoms with van der Waals surface area (Å²) in [4.78, 5) is 17.0. The summed E-state index contributed by atoms with van der Waals surface area (Å²) in [6.45, 7) is 0.0168. The number of nitrogens with zero attached hydrogens (tertiary/aromatic N) is 1. The van der Waals surface area contributed by atoms with Crippen LogP contribution in [-0.4, -0.2) is 30.7 Å². The first-order chi connectivity index (χ1) is 16.6. The van der Waals surface area contributed by atoms with Gasteiger partial charge >= 0.3 is 5.97 Å². The highest BCUT2D eigenvalue weighted by Gasteiger charge is 2.40. The Morgan fingerprint density at radius 1 is 0.882 bits per heavy atom. The normalized spacial score (nSPS) is 12.1. The molecule has 0 unspecified atom stereocenters. The van der Waals surface area contributed by atoms with Crippen molar-refractivity contribution in [2.24, 2.45) is 0 Å². The van der Waals surface area contributed by atoms with Crippen LogP contribution in [0.1, 0.15) is 16.7 Å². The summed E-state index contributed by atoms with van der Waals surface area (Å²) in [7, 11) is 1.37. The van der Waals surface area contributed by atoms with Gasteiger partial charge < -0.3 is 9.47 Å². The van der Waals surface area contributed by atoms with E-state index in [4.69, 9.17) is 21.1 Å². The Kier molecular flexibility index (Phi) is 7.58. The molecule has 0 spiro atoms. The van der Waals surface area contributed by atoms with Crippen molar-refractivity contribution in [3.63, 3.8) is 0 Å². The van der Waals surface area contributed by atoms with Gasteiger partial charge in [0, 0.05) is 12.3 Å². The third-order valence-corrected chi connectivity index (χ3v) is 5.80. The van der Waals surface area contributed by atoms with E-state index in [1.807, 2.05) is 91.0 Å². The number of carbonyl (C=O) groups is 1. The highest BCUT2D eigenvalue weighted by molar-refractivity contribution is 6.30. The standard InChI is InChI=1S/C28H25ClN2O3/c1-33-27(32)26(20-34-25-17-24(29)18-30-19-25)31-28(21-11-5-2-6-12-21,22-13-7-3-8-14-22)23-15-9-4-10-16-23/h2-19,26,31H,20H2,1H3/t26-/m1/s1. The smallest absolute Gasteiger partial charge is 0.326 e. The maximum atomic E-state index is 13.0. The first-order valence-electron chi connectivity index (χ1n) is 10.9. The minimum Gasteiger partial charge on any atom is -0.490 e. The van der Waals surface area contributed by atoms with E-state index in [1.165, 1.54) is 13.3 Å². The van der Waals surface area contributed by atoms with Gasteiger partial charge in [-0.25, -0.2) is 0 Å². The summed E-state index contributed by atoms with van der Waals surface area (Å²) in [5, 5.41) is 4.05. The fourth-order valence-corrected chi connectivity index (χ4v) is 4.20. The van der Waals surface area contributed by atoms with Gasteiger partial charge in [0.2, 0.25) is 0 Å². The van der Waals surface area contributed by atoms with Crippen LogP contribution in [0.25, 0.3) is 0 Å². The largest absolute Gasteiger partial charge is 0.490 e. The van der Waals surface area contributed by atoms with E-state index in [0.29, 0.717) is 10.8 Å². The summed E-state index contributed by atoms with van der Waals surface area (Å²) in [6.07, 6.45) is 3.08. The summed E-state index contributed by atoms with van der Waals surface area (Å²) in [5.74, 6) is 0.0232. The molecule has 1 atom stereocenters. The van der Waals surface area contributed by atoms with Gasteiger partial charge in [-0.1, -0.05) is 103 Å². The Balaban J connectivity index is 1.82. The maximum Gasteiger partial charge on any atom is 0.326 e. The van der Waals surface area contributed by atoms with Crippen molar-refractivity contribution in [2.45, 2.75) is 11.6 Å². The molecule has 0 radical (unpaired) electrons. The van der Waals surface area contributed by atoms with Crippen LogP contribution >= 0.6 is 11.6 Å². The van der Waals surface area contributed by atoms with Crippen LogP contribution in [0.3, 0.4) is 0 Å². The number of hydrogen-bond acceptors (Lipinski definition) is 5. The number of benzene rings is 3. The number of hydrogen-bond donors (Lipinski definition) is 1. The molecule has 6 heteroatoms. The molecule has 0 aliphatic rings. The minimum absolute atomic E-state index is 0.0168. The van der Waals surface area contributed by atoms with Crippen molar-refractivity contribution in [2.75, 3.05) is 13.7 Å². The molecule has 5 nitrogen and oxygen atoms in total. The van der Waals surface area contributed by atoms with Crippen molar-refractivity contribution < 1.29 is 14.3 Å². The number of carbonyl (C=O) groups excluding carboxylic acids is 1. The molecule has 172 valence electrons. The molecule has 1 aromatic heterocycles. The van der Waals surface area contributed by atoms with E-state index < -0.39 is 17.6 Å². The van der Waals surface area contributed by atoms with Crippen LogP contribution in [0.4, 0.5) is 0 Å².